The number of hydrogen-bond acceptors (Lipinski definition) is 4. The molecule has 0 fully saturated rings. The molecule has 0 aromatic carbocycles. The van der Waals surface area contributed by atoms with Crippen molar-refractivity contribution in [3.8, 4) is 0 Å². The van der Waals surface area contributed by atoms with Gasteiger partial charge in [0.25, 0.3) is 0 Å². The Morgan fingerprint density at radius 1 is 1.28 bits per heavy atom. The summed E-state index contributed by atoms with van der Waals surface area (Å²) in [6.45, 7) is 4.12. The zero-order valence-corrected chi connectivity index (χ0v) is 11.9. The summed E-state index contributed by atoms with van der Waals surface area (Å²) >= 11 is 5.95. The van der Waals surface area contributed by atoms with Crippen molar-refractivity contribution in [3.63, 3.8) is 0 Å². The third-order valence-electron chi connectivity index (χ3n) is 3.08. The van der Waals surface area contributed by atoms with Gasteiger partial charge in [-0.15, -0.1) is 11.6 Å². The Kier molecular flexibility index (Phi) is 5.41. The normalized spacial score (nSPS) is 17.1. The molecule has 0 heterocycles. The summed E-state index contributed by atoms with van der Waals surface area (Å²) in [5.74, 6) is -0.124. The van der Waals surface area contributed by atoms with E-state index in [9.17, 15) is 4.79 Å². The summed E-state index contributed by atoms with van der Waals surface area (Å²) in [5.41, 5.74) is 4.55. The third kappa shape index (κ3) is 3.13. The van der Waals surface area contributed by atoms with Gasteiger partial charge in [0, 0.05) is 5.88 Å². The van der Waals surface area contributed by atoms with E-state index in [0.717, 1.165) is 17.6 Å². The molecular weight excluding hydrogens is 254 g/mol. The van der Waals surface area contributed by atoms with Crippen LogP contribution in [0.4, 0.5) is 0 Å². The van der Waals surface area contributed by atoms with Gasteiger partial charge in [-0.05, 0) is 37.8 Å². The summed E-state index contributed by atoms with van der Waals surface area (Å²) in [7, 11) is 2.73. The number of halogens is 1. The maximum absolute atomic E-state index is 11.7. The molecule has 0 aliphatic heterocycles. The molecule has 0 saturated carbocycles. The molecule has 0 unspecified atom stereocenters. The van der Waals surface area contributed by atoms with Gasteiger partial charge in [0.05, 0.1) is 7.11 Å². The Hall–Kier alpha value is -1.29. The highest BCUT2D eigenvalue weighted by atomic mass is 35.5. The highest BCUT2D eigenvalue weighted by Crippen LogP contribution is 2.31. The van der Waals surface area contributed by atoms with Crippen LogP contribution in [0.2, 0.25) is 0 Å². The SMILES string of the molecule is CON=C(C(=O)OC)C1=C(CCl)CC(C)=C(C)C1. The highest BCUT2D eigenvalue weighted by Gasteiger charge is 2.25. The van der Waals surface area contributed by atoms with E-state index in [0.29, 0.717) is 12.3 Å². The molecule has 1 aliphatic carbocycles. The maximum atomic E-state index is 11.7. The van der Waals surface area contributed by atoms with Crippen LogP contribution in [-0.2, 0) is 14.4 Å². The predicted octanol–water partition coefficient (Wildman–Crippen LogP) is 2.83. The lowest BCUT2D eigenvalue weighted by molar-refractivity contribution is -0.132. The first-order valence-electron chi connectivity index (χ1n) is 5.67. The number of carbonyl (C=O) groups is 1. The van der Waals surface area contributed by atoms with E-state index >= 15 is 0 Å². The van der Waals surface area contributed by atoms with Crippen molar-refractivity contribution in [1.29, 1.82) is 0 Å². The maximum Gasteiger partial charge on any atom is 0.360 e. The monoisotopic (exact) mass is 271 g/mol. The number of carbonyl (C=O) groups excluding carboxylic acids is 1. The van der Waals surface area contributed by atoms with Crippen LogP contribution in [0.25, 0.3) is 0 Å². The molecule has 0 aromatic heterocycles. The molecule has 100 valence electrons. The van der Waals surface area contributed by atoms with Gasteiger partial charge in [-0.2, -0.15) is 0 Å². The van der Waals surface area contributed by atoms with E-state index in [4.69, 9.17) is 21.2 Å². The van der Waals surface area contributed by atoms with Gasteiger partial charge in [-0.25, -0.2) is 4.79 Å². The van der Waals surface area contributed by atoms with Gasteiger partial charge in [-0.1, -0.05) is 16.3 Å². The molecule has 0 aromatic rings. The molecular formula is C13H18ClNO3. The van der Waals surface area contributed by atoms with Gasteiger partial charge < -0.3 is 9.57 Å². The minimum atomic E-state index is -0.498. The van der Waals surface area contributed by atoms with Crippen molar-refractivity contribution in [2.75, 3.05) is 20.1 Å². The van der Waals surface area contributed by atoms with Crippen LogP contribution >= 0.6 is 11.6 Å². The molecule has 0 spiro atoms. The topological polar surface area (TPSA) is 47.9 Å². The summed E-state index contributed by atoms with van der Waals surface area (Å²) in [6, 6.07) is 0. The molecule has 0 bridgehead atoms. The first-order chi connectivity index (χ1) is 8.54. The number of ether oxygens (including phenoxy) is 1. The molecule has 5 heteroatoms. The second-order valence-electron chi connectivity index (χ2n) is 4.24. The Morgan fingerprint density at radius 3 is 2.39 bits per heavy atom. The minimum absolute atomic E-state index is 0.211. The fraction of sp³-hybridized carbons (Fsp3) is 0.538. The van der Waals surface area contributed by atoms with Crippen molar-refractivity contribution in [3.05, 3.63) is 22.3 Å². The van der Waals surface area contributed by atoms with E-state index in [1.54, 1.807) is 0 Å². The smallest absolute Gasteiger partial charge is 0.360 e. The second kappa shape index (κ2) is 6.59. The number of oxime groups is 1. The molecule has 18 heavy (non-hydrogen) atoms. The average Bonchev–Trinajstić information content (AvgIpc) is 2.38. The molecule has 0 atom stereocenters. The molecule has 0 radical (unpaired) electrons. The second-order valence-corrected chi connectivity index (χ2v) is 4.51. The Bertz CT molecular complexity index is 436. The summed E-state index contributed by atoms with van der Waals surface area (Å²) in [6.07, 6.45) is 1.43. The number of rotatable bonds is 4. The van der Waals surface area contributed by atoms with E-state index < -0.39 is 5.97 Å². The lowest BCUT2D eigenvalue weighted by Gasteiger charge is -2.21. The minimum Gasteiger partial charge on any atom is -0.464 e. The van der Waals surface area contributed by atoms with E-state index in [2.05, 4.69) is 12.1 Å². The number of nitrogens with zero attached hydrogens (tertiary/aromatic N) is 1. The van der Waals surface area contributed by atoms with Crippen LogP contribution in [0, 0.1) is 0 Å². The summed E-state index contributed by atoms with van der Waals surface area (Å²) < 4.78 is 4.73. The number of allylic oxidation sites excluding steroid dienone is 3. The van der Waals surface area contributed by atoms with Crippen LogP contribution in [-0.4, -0.2) is 31.8 Å². The van der Waals surface area contributed by atoms with Crippen molar-refractivity contribution < 1.29 is 14.4 Å². The van der Waals surface area contributed by atoms with Crippen LogP contribution < -0.4 is 0 Å². The van der Waals surface area contributed by atoms with Crippen molar-refractivity contribution in [2.45, 2.75) is 26.7 Å². The number of alkyl halides is 1. The fourth-order valence-corrected chi connectivity index (χ4v) is 2.16. The molecule has 0 N–H and O–H groups in total. The highest BCUT2D eigenvalue weighted by molar-refractivity contribution is 6.43. The van der Waals surface area contributed by atoms with Crippen LogP contribution in [0.15, 0.2) is 27.4 Å². The first kappa shape index (κ1) is 14.8. The van der Waals surface area contributed by atoms with E-state index in [1.165, 1.54) is 25.4 Å². The zero-order chi connectivity index (χ0) is 13.7. The molecule has 0 amide bonds. The lowest BCUT2D eigenvalue weighted by atomic mass is 9.86. The quantitative estimate of drug-likeness (QED) is 0.260. The Morgan fingerprint density at radius 2 is 1.89 bits per heavy atom. The number of methoxy groups -OCH3 is 1. The Labute approximate surface area is 112 Å². The Balaban J connectivity index is 3.18. The van der Waals surface area contributed by atoms with Crippen molar-refractivity contribution >= 4 is 23.3 Å². The summed E-state index contributed by atoms with van der Waals surface area (Å²) in [5, 5.41) is 3.78. The average molecular weight is 272 g/mol. The fourth-order valence-electron chi connectivity index (χ4n) is 1.90. The standard InChI is InChI=1S/C13H18ClNO3/c1-8-5-10(7-14)11(6-9(8)2)12(15-18-4)13(16)17-3/h5-7H2,1-4H3. The van der Waals surface area contributed by atoms with Crippen LogP contribution in [0.1, 0.15) is 26.7 Å². The molecule has 1 aliphatic rings. The van der Waals surface area contributed by atoms with E-state index in [-0.39, 0.29) is 5.71 Å². The lowest BCUT2D eigenvalue weighted by Crippen LogP contribution is -2.22. The molecule has 0 saturated heterocycles. The van der Waals surface area contributed by atoms with Gasteiger partial charge >= 0.3 is 5.97 Å². The predicted molar refractivity (Wildman–Crippen MR) is 71.8 cm³/mol. The number of hydrogen-bond donors (Lipinski definition) is 0. The zero-order valence-electron chi connectivity index (χ0n) is 11.2. The summed E-state index contributed by atoms with van der Waals surface area (Å²) in [4.78, 5) is 16.5. The van der Waals surface area contributed by atoms with Crippen LogP contribution in [0.3, 0.4) is 0 Å². The van der Waals surface area contributed by atoms with E-state index in [1.807, 2.05) is 6.92 Å². The number of esters is 1. The van der Waals surface area contributed by atoms with Gasteiger partial charge in [0.2, 0.25) is 0 Å². The van der Waals surface area contributed by atoms with Gasteiger partial charge in [0.15, 0.2) is 5.71 Å². The van der Waals surface area contributed by atoms with Gasteiger partial charge in [-0.3, -0.25) is 0 Å². The van der Waals surface area contributed by atoms with Crippen LogP contribution in [0.5, 0.6) is 0 Å². The third-order valence-corrected chi connectivity index (χ3v) is 3.41. The first-order valence-corrected chi connectivity index (χ1v) is 6.20. The van der Waals surface area contributed by atoms with Gasteiger partial charge in [0.1, 0.15) is 7.11 Å². The van der Waals surface area contributed by atoms with Crippen molar-refractivity contribution in [2.24, 2.45) is 5.16 Å². The van der Waals surface area contributed by atoms with Crippen molar-refractivity contribution in [1.82, 2.24) is 0 Å². The molecule has 4 nitrogen and oxygen atoms in total. The largest absolute Gasteiger partial charge is 0.464 e. The molecule has 1 rings (SSSR count).